The van der Waals surface area contributed by atoms with Gasteiger partial charge in [-0.1, -0.05) is 32.6 Å². The predicted octanol–water partition coefficient (Wildman–Crippen LogP) is 4.58. The van der Waals surface area contributed by atoms with E-state index in [2.05, 4.69) is 12.2 Å². The zero-order chi connectivity index (χ0) is 17.1. The van der Waals surface area contributed by atoms with Gasteiger partial charge in [0.1, 0.15) is 5.60 Å². The molecule has 1 fully saturated rings. The Balaban J connectivity index is 2.12. The maximum absolute atomic E-state index is 12.1. The van der Waals surface area contributed by atoms with Crippen molar-refractivity contribution in [3.63, 3.8) is 0 Å². The van der Waals surface area contributed by atoms with Crippen molar-refractivity contribution in [2.45, 2.75) is 84.7 Å². The summed E-state index contributed by atoms with van der Waals surface area (Å²) < 4.78 is 5.49. The van der Waals surface area contributed by atoms with E-state index in [1.165, 1.54) is 38.5 Å². The summed E-state index contributed by atoms with van der Waals surface area (Å²) in [6.07, 6.45) is 10.0. The molecule has 0 aromatic carbocycles. The van der Waals surface area contributed by atoms with E-state index in [9.17, 15) is 4.79 Å². The van der Waals surface area contributed by atoms with Crippen LogP contribution >= 0.6 is 0 Å². The third-order valence-electron chi connectivity index (χ3n) is 4.36. The van der Waals surface area contributed by atoms with Crippen LogP contribution in [0.1, 0.15) is 79.1 Å². The molecule has 23 heavy (non-hydrogen) atoms. The highest BCUT2D eigenvalue weighted by Crippen LogP contribution is 2.21. The second-order valence-corrected chi connectivity index (χ2v) is 7.89. The summed E-state index contributed by atoms with van der Waals surface area (Å²) in [5, 5.41) is 3.56. The van der Waals surface area contributed by atoms with Crippen molar-refractivity contribution in [1.29, 1.82) is 0 Å². The van der Waals surface area contributed by atoms with E-state index in [4.69, 9.17) is 4.74 Å². The van der Waals surface area contributed by atoms with Gasteiger partial charge in [0.25, 0.3) is 0 Å². The lowest BCUT2D eigenvalue weighted by molar-refractivity contribution is 0.0162. The first kappa shape index (κ1) is 20.3. The molecule has 4 heteroatoms. The van der Waals surface area contributed by atoms with Gasteiger partial charge < -0.3 is 15.0 Å². The van der Waals surface area contributed by atoms with Gasteiger partial charge in [0.05, 0.1) is 0 Å². The van der Waals surface area contributed by atoms with E-state index >= 15 is 0 Å². The lowest BCUT2D eigenvalue weighted by Gasteiger charge is -2.34. The number of nitrogens with zero attached hydrogens (tertiary/aromatic N) is 1. The van der Waals surface area contributed by atoms with Gasteiger partial charge in [-0.15, -0.1) is 0 Å². The molecular formula is C19H38N2O2. The molecule has 1 saturated heterocycles. The lowest BCUT2D eigenvalue weighted by Crippen LogP contribution is -2.43. The summed E-state index contributed by atoms with van der Waals surface area (Å²) in [5.41, 5.74) is -0.399. The van der Waals surface area contributed by atoms with Gasteiger partial charge in [0.15, 0.2) is 0 Å². The molecule has 1 rings (SSSR count). The molecule has 0 spiro atoms. The van der Waals surface area contributed by atoms with Crippen molar-refractivity contribution < 1.29 is 9.53 Å². The molecule has 0 aliphatic carbocycles. The molecule has 1 aliphatic rings. The highest BCUT2D eigenvalue weighted by molar-refractivity contribution is 5.68. The molecule has 0 radical (unpaired) electrons. The molecular weight excluding hydrogens is 288 g/mol. The fraction of sp³-hybridized carbons (Fsp3) is 0.947. The van der Waals surface area contributed by atoms with Crippen LogP contribution in [0.15, 0.2) is 0 Å². The summed E-state index contributed by atoms with van der Waals surface area (Å²) in [6, 6.07) is 0. The quantitative estimate of drug-likeness (QED) is 0.630. The van der Waals surface area contributed by atoms with E-state index < -0.39 is 5.60 Å². The minimum Gasteiger partial charge on any atom is -0.444 e. The molecule has 1 N–H and O–H groups in total. The highest BCUT2D eigenvalue weighted by Gasteiger charge is 2.27. The Labute approximate surface area is 143 Å². The molecule has 0 bridgehead atoms. The molecule has 1 aliphatic heterocycles. The van der Waals surface area contributed by atoms with Gasteiger partial charge in [0, 0.05) is 13.1 Å². The number of unbranched alkanes of at least 4 members (excludes halogenated alkanes) is 4. The number of hydrogen-bond donors (Lipinski definition) is 1. The minimum atomic E-state index is -0.399. The average Bonchev–Trinajstić information content (AvgIpc) is 2.48. The molecule has 1 unspecified atom stereocenters. The Hall–Kier alpha value is -0.770. The van der Waals surface area contributed by atoms with E-state index in [0.717, 1.165) is 39.0 Å². The number of amides is 1. The van der Waals surface area contributed by atoms with Crippen LogP contribution in [0.2, 0.25) is 0 Å². The third-order valence-corrected chi connectivity index (χ3v) is 4.36. The maximum atomic E-state index is 12.1. The number of rotatable bonds is 9. The summed E-state index contributed by atoms with van der Waals surface area (Å²) in [5.74, 6) is 0.615. The summed E-state index contributed by atoms with van der Waals surface area (Å²) in [6.45, 7) is 11.9. The lowest BCUT2D eigenvalue weighted by atomic mass is 9.95. The van der Waals surface area contributed by atoms with Gasteiger partial charge in [-0.05, 0) is 65.5 Å². The molecule has 1 atom stereocenters. The average molecular weight is 327 g/mol. The monoisotopic (exact) mass is 326 g/mol. The number of likely N-dealkylation sites (tertiary alicyclic amines) is 1. The third kappa shape index (κ3) is 9.85. The number of ether oxygens (including phenoxy) is 1. The van der Waals surface area contributed by atoms with Crippen molar-refractivity contribution in [3.05, 3.63) is 0 Å². The Morgan fingerprint density at radius 1 is 1.17 bits per heavy atom. The first-order valence-corrected chi connectivity index (χ1v) is 9.61. The van der Waals surface area contributed by atoms with Gasteiger partial charge in [-0.3, -0.25) is 0 Å². The van der Waals surface area contributed by atoms with E-state index in [-0.39, 0.29) is 6.09 Å². The van der Waals surface area contributed by atoms with Crippen LogP contribution in [0.5, 0.6) is 0 Å². The van der Waals surface area contributed by atoms with Crippen molar-refractivity contribution in [3.8, 4) is 0 Å². The van der Waals surface area contributed by atoms with Gasteiger partial charge in [-0.2, -0.15) is 0 Å². The normalized spacial score (nSPS) is 19.0. The second-order valence-electron chi connectivity index (χ2n) is 7.89. The van der Waals surface area contributed by atoms with Crippen molar-refractivity contribution in [2.24, 2.45) is 5.92 Å². The smallest absolute Gasteiger partial charge is 0.410 e. The first-order chi connectivity index (χ1) is 10.9. The van der Waals surface area contributed by atoms with Crippen LogP contribution in [0.3, 0.4) is 0 Å². The van der Waals surface area contributed by atoms with Crippen LogP contribution < -0.4 is 5.32 Å². The topological polar surface area (TPSA) is 41.6 Å². The minimum absolute atomic E-state index is 0.147. The summed E-state index contributed by atoms with van der Waals surface area (Å²) in [4.78, 5) is 14.0. The zero-order valence-electron chi connectivity index (χ0n) is 15.8. The van der Waals surface area contributed by atoms with Gasteiger partial charge >= 0.3 is 6.09 Å². The molecule has 1 amide bonds. The number of piperidine rings is 1. The number of hydrogen-bond acceptors (Lipinski definition) is 3. The largest absolute Gasteiger partial charge is 0.444 e. The number of carbonyl (C=O) groups is 1. The van der Waals surface area contributed by atoms with Crippen LogP contribution in [-0.4, -0.2) is 42.8 Å². The van der Waals surface area contributed by atoms with Crippen molar-refractivity contribution in [1.82, 2.24) is 10.2 Å². The first-order valence-electron chi connectivity index (χ1n) is 9.61. The van der Waals surface area contributed by atoms with Crippen LogP contribution in [0.25, 0.3) is 0 Å². The second kappa shape index (κ2) is 10.9. The highest BCUT2D eigenvalue weighted by atomic mass is 16.6. The Morgan fingerprint density at radius 3 is 2.61 bits per heavy atom. The predicted molar refractivity (Wildman–Crippen MR) is 96.8 cm³/mol. The zero-order valence-corrected chi connectivity index (χ0v) is 15.8. The number of nitrogens with one attached hydrogen (secondary N) is 1. The van der Waals surface area contributed by atoms with Crippen LogP contribution in [0, 0.1) is 5.92 Å². The molecule has 136 valence electrons. The fourth-order valence-corrected chi connectivity index (χ4v) is 3.08. The van der Waals surface area contributed by atoms with E-state index in [1.54, 1.807) is 0 Å². The molecule has 1 heterocycles. The Bertz CT molecular complexity index is 326. The SMILES string of the molecule is CCCCCCCNCCC1CCCN(C(=O)OC(C)(C)C)C1. The molecule has 0 aromatic rings. The summed E-state index contributed by atoms with van der Waals surface area (Å²) >= 11 is 0. The fourth-order valence-electron chi connectivity index (χ4n) is 3.08. The number of carbonyl (C=O) groups excluding carboxylic acids is 1. The molecule has 0 aromatic heterocycles. The van der Waals surface area contributed by atoms with Crippen LogP contribution in [-0.2, 0) is 4.74 Å². The maximum Gasteiger partial charge on any atom is 0.410 e. The van der Waals surface area contributed by atoms with E-state index in [1.807, 2.05) is 25.7 Å². The van der Waals surface area contributed by atoms with Crippen LogP contribution in [0.4, 0.5) is 4.79 Å². The van der Waals surface area contributed by atoms with Gasteiger partial charge in [-0.25, -0.2) is 4.79 Å². The Morgan fingerprint density at radius 2 is 1.91 bits per heavy atom. The summed E-state index contributed by atoms with van der Waals surface area (Å²) in [7, 11) is 0. The molecule has 0 saturated carbocycles. The standard InChI is InChI=1S/C19H38N2O2/c1-5-6-7-8-9-13-20-14-12-17-11-10-15-21(16-17)18(22)23-19(2,3)4/h17,20H,5-16H2,1-4H3. The van der Waals surface area contributed by atoms with E-state index in [0.29, 0.717) is 5.92 Å². The van der Waals surface area contributed by atoms with Gasteiger partial charge in [0.2, 0.25) is 0 Å². The van der Waals surface area contributed by atoms with Crippen molar-refractivity contribution >= 4 is 6.09 Å². The molecule has 4 nitrogen and oxygen atoms in total. The Kier molecular flexibility index (Phi) is 9.61. The van der Waals surface area contributed by atoms with Crippen molar-refractivity contribution in [2.75, 3.05) is 26.2 Å².